The molecule has 0 radical (unpaired) electrons. The number of pyridine rings is 1. The largest absolute Gasteiger partial charge is 0.485 e. The molecule has 1 fully saturated rings. The number of thiophene rings is 1. The molecule has 1 aliphatic heterocycles. The minimum atomic E-state index is 0.0429. The van der Waals surface area contributed by atoms with E-state index in [4.69, 9.17) is 4.74 Å². The molecule has 1 N–H and O–H groups in total. The summed E-state index contributed by atoms with van der Waals surface area (Å²) in [6.45, 7) is 5.55. The molecule has 7 heteroatoms. The summed E-state index contributed by atoms with van der Waals surface area (Å²) in [6, 6.07) is 18.6. The van der Waals surface area contributed by atoms with Gasteiger partial charge in [-0.25, -0.2) is 4.98 Å². The van der Waals surface area contributed by atoms with E-state index in [9.17, 15) is 4.79 Å². The average molecular weight is 493 g/mol. The highest BCUT2D eigenvalue weighted by Crippen LogP contribution is 2.31. The number of carbonyl (C=O) groups is 1. The van der Waals surface area contributed by atoms with Crippen molar-refractivity contribution < 1.29 is 9.53 Å². The number of hydrogen-bond acceptors (Lipinski definition) is 6. The number of amides is 1. The average Bonchev–Trinajstić information content (AvgIpc) is 3.44. The minimum absolute atomic E-state index is 0.0429. The van der Waals surface area contributed by atoms with Crippen LogP contribution in [0, 0.1) is 0 Å². The third-order valence-electron chi connectivity index (χ3n) is 6.54. The zero-order valence-corrected chi connectivity index (χ0v) is 21.5. The highest BCUT2D eigenvalue weighted by Gasteiger charge is 2.29. The monoisotopic (exact) mass is 492 g/mol. The molecule has 0 aliphatic carbocycles. The number of piperidine rings is 1. The van der Waals surface area contributed by atoms with E-state index in [-0.39, 0.29) is 18.1 Å². The van der Waals surface area contributed by atoms with Crippen LogP contribution in [0.2, 0.25) is 0 Å². The van der Waals surface area contributed by atoms with Crippen molar-refractivity contribution in [3.8, 4) is 5.75 Å². The molecule has 35 heavy (non-hydrogen) atoms. The number of aromatic nitrogens is 1. The highest BCUT2D eigenvalue weighted by atomic mass is 32.1. The van der Waals surface area contributed by atoms with Gasteiger partial charge in [0.15, 0.2) is 0 Å². The third kappa shape index (κ3) is 6.69. The van der Waals surface area contributed by atoms with Gasteiger partial charge in [-0.1, -0.05) is 37.3 Å². The second kappa shape index (κ2) is 12.8. The van der Waals surface area contributed by atoms with Crippen molar-refractivity contribution in [2.24, 2.45) is 0 Å². The molecule has 3 aromatic rings. The van der Waals surface area contributed by atoms with E-state index in [0.717, 1.165) is 57.0 Å². The van der Waals surface area contributed by atoms with Gasteiger partial charge in [-0.05, 0) is 56.1 Å². The Morgan fingerprint density at radius 1 is 1.17 bits per heavy atom. The molecule has 3 heterocycles. The van der Waals surface area contributed by atoms with Gasteiger partial charge < -0.3 is 10.1 Å². The summed E-state index contributed by atoms with van der Waals surface area (Å²) in [5.74, 6) is 1.86. The van der Waals surface area contributed by atoms with Gasteiger partial charge in [0.2, 0.25) is 5.91 Å². The van der Waals surface area contributed by atoms with Gasteiger partial charge in [-0.3, -0.25) is 14.6 Å². The first-order chi connectivity index (χ1) is 17.2. The molecule has 2 aromatic heterocycles. The lowest BCUT2D eigenvalue weighted by Crippen LogP contribution is -2.47. The summed E-state index contributed by atoms with van der Waals surface area (Å²) in [5.41, 5.74) is 1.21. The number of ether oxygens (including phenoxy) is 1. The Labute approximate surface area is 212 Å². The van der Waals surface area contributed by atoms with Crippen molar-refractivity contribution in [2.45, 2.75) is 51.3 Å². The maximum absolute atomic E-state index is 12.8. The summed E-state index contributed by atoms with van der Waals surface area (Å²) in [7, 11) is 1.98. The SMILES string of the molecule is CCC(=O)N(c1ccccn1)C1CCN(Cc2ccccc2OC(CCNC)c2cccs2)CC1. The van der Waals surface area contributed by atoms with Crippen LogP contribution in [0.5, 0.6) is 5.75 Å². The maximum Gasteiger partial charge on any atom is 0.228 e. The lowest BCUT2D eigenvalue weighted by molar-refractivity contribution is -0.119. The van der Waals surface area contributed by atoms with Gasteiger partial charge in [-0.15, -0.1) is 11.3 Å². The Morgan fingerprint density at radius 3 is 2.66 bits per heavy atom. The van der Waals surface area contributed by atoms with Crippen LogP contribution < -0.4 is 15.0 Å². The summed E-state index contributed by atoms with van der Waals surface area (Å²) < 4.78 is 6.58. The fourth-order valence-corrected chi connectivity index (χ4v) is 5.46. The zero-order valence-electron chi connectivity index (χ0n) is 20.7. The Kier molecular flexibility index (Phi) is 9.28. The van der Waals surface area contributed by atoms with E-state index >= 15 is 0 Å². The third-order valence-corrected chi connectivity index (χ3v) is 7.51. The number of para-hydroxylation sites is 1. The Bertz CT molecular complexity index is 1040. The molecule has 4 rings (SSSR count). The van der Waals surface area contributed by atoms with Crippen molar-refractivity contribution in [1.82, 2.24) is 15.2 Å². The molecule has 0 saturated carbocycles. The van der Waals surface area contributed by atoms with Crippen LogP contribution in [0.1, 0.15) is 49.2 Å². The zero-order chi connectivity index (χ0) is 24.5. The van der Waals surface area contributed by atoms with E-state index in [1.54, 1.807) is 17.5 Å². The normalized spacial score (nSPS) is 15.6. The molecule has 0 spiro atoms. The second-order valence-corrected chi connectivity index (χ2v) is 9.91. The molecule has 1 unspecified atom stereocenters. The van der Waals surface area contributed by atoms with E-state index in [0.29, 0.717) is 6.42 Å². The molecule has 1 amide bonds. The predicted molar refractivity (Wildman–Crippen MR) is 143 cm³/mol. The summed E-state index contributed by atoms with van der Waals surface area (Å²) in [5, 5.41) is 5.36. The number of likely N-dealkylation sites (tertiary alicyclic amines) is 1. The summed E-state index contributed by atoms with van der Waals surface area (Å²) in [4.78, 5) is 22.9. The number of nitrogens with one attached hydrogen (secondary N) is 1. The van der Waals surface area contributed by atoms with Crippen molar-refractivity contribution in [3.63, 3.8) is 0 Å². The predicted octanol–water partition coefficient (Wildman–Crippen LogP) is 5.28. The Morgan fingerprint density at radius 2 is 1.97 bits per heavy atom. The molecule has 1 atom stereocenters. The molecular weight excluding hydrogens is 456 g/mol. The van der Waals surface area contributed by atoms with Gasteiger partial charge in [0.25, 0.3) is 0 Å². The number of rotatable bonds is 11. The van der Waals surface area contributed by atoms with Crippen LogP contribution in [-0.2, 0) is 11.3 Å². The smallest absolute Gasteiger partial charge is 0.228 e. The molecule has 186 valence electrons. The van der Waals surface area contributed by atoms with Crippen molar-refractivity contribution in [3.05, 3.63) is 76.6 Å². The van der Waals surface area contributed by atoms with E-state index < -0.39 is 0 Å². The molecular formula is C28H36N4O2S. The lowest BCUT2D eigenvalue weighted by atomic mass is 10.0. The van der Waals surface area contributed by atoms with Crippen LogP contribution in [0.25, 0.3) is 0 Å². The molecule has 1 aromatic carbocycles. The number of benzene rings is 1. The van der Waals surface area contributed by atoms with Gasteiger partial charge in [0.05, 0.1) is 0 Å². The van der Waals surface area contributed by atoms with Gasteiger partial charge >= 0.3 is 0 Å². The summed E-state index contributed by atoms with van der Waals surface area (Å²) >= 11 is 1.75. The minimum Gasteiger partial charge on any atom is -0.485 e. The summed E-state index contributed by atoms with van der Waals surface area (Å²) in [6.07, 6.45) is 5.08. The number of anilines is 1. The van der Waals surface area contributed by atoms with Gasteiger partial charge in [0, 0.05) is 55.2 Å². The second-order valence-electron chi connectivity index (χ2n) is 8.93. The lowest BCUT2D eigenvalue weighted by Gasteiger charge is -2.38. The Hall–Kier alpha value is -2.74. The van der Waals surface area contributed by atoms with Crippen molar-refractivity contribution in [1.29, 1.82) is 0 Å². The maximum atomic E-state index is 12.8. The van der Waals surface area contributed by atoms with Crippen LogP contribution in [0.4, 0.5) is 5.82 Å². The molecule has 6 nitrogen and oxygen atoms in total. The van der Waals surface area contributed by atoms with Crippen LogP contribution in [0.3, 0.4) is 0 Å². The molecule has 1 saturated heterocycles. The fourth-order valence-electron chi connectivity index (χ4n) is 4.67. The van der Waals surface area contributed by atoms with E-state index in [1.165, 1.54) is 10.4 Å². The van der Waals surface area contributed by atoms with Crippen LogP contribution in [0.15, 0.2) is 66.2 Å². The van der Waals surface area contributed by atoms with Gasteiger partial charge in [0.1, 0.15) is 17.7 Å². The first kappa shape index (κ1) is 25.4. The van der Waals surface area contributed by atoms with Crippen LogP contribution in [-0.4, -0.2) is 48.5 Å². The topological polar surface area (TPSA) is 57.7 Å². The number of nitrogens with zero attached hydrogens (tertiary/aromatic N) is 3. The first-order valence-corrected chi connectivity index (χ1v) is 13.5. The number of hydrogen-bond donors (Lipinski definition) is 1. The first-order valence-electron chi connectivity index (χ1n) is 12.6. The van der Waals surface area contributed by atoms with E-state index in [2.05, 4.69) is 57.0 Å². The van der Waals surface area contributed by atoms with Gasteiger partial charge in [-0.2, -0.15) is 0 Å². The van der Waals surface area contributed by atoms with Crippen LogP contribution >= 0.6 is 11.3 Å². The Balaban J connectivity index is 1.41. The van der Waals surface area contributed by atoms with E-state index in [1.807, 2.05) is 37.1 Å². The molecule has 0 bridgehead atoms. The molecule has 1 aliphatic rings. The van der Waals surface area contributed by atoms with Crippen molar-refractivity contribution >= 4 is 23.1 Å². The standard InChI is InChI=1S/C28H36N4O2S/c1-3-28(33)32(27-12-6-7-16-30-27)23-14-18-31(19-15-23)21-22-9-4-5-10-24(22)34-25(13-17-29-2)26-11-8-20-35-26/h4-12,16,20,23,25,29H,3,13-15,17-19,21H2,1-2H3. The highest BCUT2D eigenvalue weighted by molar-refractivity contribution is 7.10. The fraction of sp³-hybridized carbons (Fsp3) is 0.429. The van der Waals surface area contributed by atoms with Crippen molar-refractivity contribution in [2.75, 3.05) is 31.6 Å². The quantitative estimate of drug-likeness (QED) is 0.395. The number of carbonyl (C=O) groups excluding carboxylic acids is 1.